The third kappa shape index (κ3) is 2.81. The number of aliphatic hydroxyl groups is 1. The lowest BCUT2D eigenvalue weighted by atomic mass is 10.0. The van der Waals surface area contributed by atoms with E-state index in [4.69, 9.17) is 11.6 Å². The number of sulfonamides is 1. The molecule has 2 aliphatic rings. The predicted molar refractivity (Wildman–Crippen MR) is 103 cm³/mol. The number of likely N-dealkylation sites (tertiary alicyclic amines) is 1. The number of hydrogen-bond donors (Lipinski definition) is 1. The summed E-state index contributed by atoms with van der Waals surface area (Å²) in [6.07, 6.45) is -0.475. The first-order chi connectivity index (χ1) is 12.4. The normalized spacial score (nSPS) is 28.1. The molecule has 0 radical (unpaired) electrons. The summed E-state index contributed by atoms with van der Waals surface area (Å²) >= 11 is 6.05. The smallest absolute Gasteiger partial charge is 0.244 e. The second-order valence-corrected chi connectivity index (χ2v) is 9.68. The Morgan fingerprint density at radius 1 is 1.15 bits per heavy atom. The van der Waals surface area contributed by atoms with Crippen LogP contribution in [0.2, 0.25) is 5.02 Å². The van der Waals surface area contributed by atoms with Crippen LogP contribution in [0.3, 0.4) is 0 Å². The molecule has 1 N–H and O–H groups in total. The first-order valence-electron chi connectivity index (χ1n) is 8.65. The highest BCUT2D eigenvalue weighted by atomic mass is 35.5. The Kier molecular flexibility index (Phi) is 4.47. The Hall–Kier alpha value is -1.60. The van der Waals surface area contributed by atoms with Crippen molar-refractivity contribution in [2.75, 3.05) is 23.9 Å². The highest BCUT2D eigenvalue weighted by molar-refractivity contribution is 7.94. The number of β-amino-alcohol motifs (C(OH)–C–C–N with tert-alkyl or cyclic N) is 1. The minimum atomic E-state index is -3.65. The molecule has 7 heteroatoms. The highest BCUT2D eigenvalue weighted by Gasteiger charge is 2.61. The summed E-state index contributed by atoms with van der Waals surface area (Å²) in [4.78, 5) is 2.08. The van der Waals surface area contributed by atoms with Gasteiger partial charge in [0.25, 0.3) is 0 Å². The van der Waals surface area contributed by atoms with Gasteiger partial charge in [-0.05, 0) is 36.2 Å². The SMILES string of the molecule is O=S1(=O)N(c2ccccc2)C[C@H](O)[C@]12CCN(Cc1cccc(Cl)c1)C2. The van der Waals surface area contributed by atoms with Gasteiger partial charge in [0.1, 0.15) is 4.75 Å². The molecular weight excluding hydrogens is 372 g/mol. The van der Waals surface area contributed by atoms with Crippen molar-refractivity contribution < 1.29 is 13.5 Å². The molecule has 1 spiro atoms. The third-order valence-corrected chi connectivity index (χ3v) is 8.24. The van der Waals surface area contributed by atoms with Gasteiger partial charge in [-0.15, -0.1) is 0 Å². The second-order valence-electron chi connectivity index (χ2n) is 7.04. The first kappa shape index (κ1) is 17.8. The summed E-state index contributed by atoms with van der Waals surface area (Å²) in [6.45, 7) is 1.69. The van der Waals surface area contributed by atoms with Gasteiger partial charge in [0.05, 0.1) is 18.3 Å². The van der Waals surface area contributed by atoms with Crippen LogP contribution in [0.1, 0.15) is 12.0 Å². The number of anilines is 1. The summed E-state index contributed by atoms with van der Waals surface area (Å²) in [5.41, 5.74) is 1.65. The molecule has 26 heavy (non-hydrogen) atoms. The van der Waals surface area contributed by atoms with Crippen LogP contribution in [0, 0.1) is 0 Å². The average Bonchev–Trinajstić information content (AvgIpc) is 3.12. The second kappa shape index (κ2) is 6.53. The van der Waals surface area contributed by atoms with E-state index in [1.807, 2.05) is 42.5 Å². The molecule has 0 amide bonds. The zero-order chi connectivity index (χ0) is 18.4. The van der Waals surface area contributed by atoms with Crippen molar-refractivity contribution in [3.63, 3.8) is 0 Å². The summed E-state index contributed by atoms with van der Waals surface area (Å²) in [5.74, 6) is 0. The van der Waals surface area contributed by atoms with Gasteiger partial charge in [-0.25, -0.2) is 8.42 Å². The minimum absolute atomic E-state index is 0.108. The van der Waals surface area contributed by atoms with E-state index < -0.39 is 20.9 Å². The van der Waals surface area contributed by atoms with Gasteiger partial charge in [0.15, 0.2) is 0 Å². The van der Waals surface area contributed by atoms with Crippen LogP contribution in [0.25, 0.3) is 0 Å². The molecule has 4 rings (SSSR count). The van der Waals surface area contributed by atoms with E-state index in [9.17, 15) is 13.5 Å². The molecule has 2 aromatic rings. The summed E-state index contributed by atoms with van der Waals surface area (Å²) in [6, 6.07) is 16.6. The topological polar surface area (TPSA) is 60.9 Å². The third-order valence-electron chi connectivity index (χ3n) is 5.43. The molecular formula is C19H21ClN2O3S. The Morgan fingerprint density at radius 2 is 1.92 bits per heavy atom. The van der Waals surface area contributed by atoms with Gasteiger partial charge in [-0.2, -0.15) is 0 Å². The monoisotopic (exact) mass is 392 g/mol. The van der Waals surface area contributed by atoms with Crippen LogP contribution in [-0.4, -0.2) is 48.9 Å². The maximum atomic E-state index is 13.3. The number of rotatable bonds is 3. The predicted octanol–water partition coefficient (Wildman–Crippen LogP) is 2.50. The number of halogens is 1. The van der Waals surface area contributed by atoms with Crippen molar-refractivity contribution in [2.45, 2.75) is 23.8 Å². The van der Waals surface area contributed by atoms with Crippen LogP contribution in [0.15, 0.2) is 54.6 Å². The fourth-order valence-corrected chi connectivity index (χ4v) is 6.55. The minimum Gasteiger partial charge on any atom is -0.389 e. The fraction of sp³-hybridized carbons (Fsp3) is 0.368. The lowest BCUT2D eigenvalue weighted by molar-refractivity contribution is 0.143. The van der Waals surface area contributed by atoms with Crippen LogP contribution in [-0.2, 0) is 16.6 Å². The van der Waals surface area contributed by atoms with Crippen LogP contribution >= 0.6 is 11.6 Å². The molecule has 0 aliphatic carbocycles. The quantitative estimate of drug-likeness (QED) is 0.871. The summed E-state index contributed by atoms with van der Waals surface area (Å²) in [7, 11) is -3.65. The van der Waals surface area contributed by atoms with E-state index in [-0.39, 0.29) is 6.54 Å². The van der Waals surface area contributed by atoms with Crippen molar-refractivity contribution in [2.24, 2.45) is 0 Å². The maximum absolute atomic E-state index is 13.3. The Balaban J connectivity index is 1.59. The largest absolute Gasteiger partial charge is 0.389 e. The number of benzene rings is 2. The van der Waals surface area contributed by atoms with E-state index in [0.717, 1.165) is 5.56 Å². The van der Waals surface area contributed by atoms with E-state index in [2.05, 4.69) is 4.90 Å². The first-order valence-corrected chi connectivity index (χ1v) is 10.5. The van der Waals surface area contributed by atoms with Crippen LogP contribution in [0.4, 0.5) is 5.69 Å². The summed E-state index contributed by atoms with van der Waals surface area (Å²) < 4.78 is 26.8. The molecule has 0 saturated carbocycles. The molecule has 0 aromatic heterocycles. The van der Waals surface area contributed by atoms with Crippen molar-refractivity contribution in [3.8, 4) is 0 Å². The zero-order valence-corrected chi connectivity index (χ0v) is 15.8. The summed E-state index contributed by atoms with van der Waals surface area (Å²) in [5, 5.41) is 11.4. The molecule has 138 valence electrons. The Bertz CT molecular complexity index is 906. The van der Waals surface area contributed by atoms with Crippen LogP contribution < -0.4 is 4.31 Å². The number of para-hydroxylation sites is 1. The van der Waals surface area contributed by atoms with Crippen LogP contribution in [0.5, 0.6) is 0 Å². The van der Waals surface area contributed by atoms with Gasteiger partial charge in [0.2, 0.25) is 10.0 Å². The standard InChI is InChI=1S/C19H21ClN2O3S/c20-16-6-4-5-15(11-16)12-21-10-9-19(14-21)18(23)13-22(26(19,24)25)17-7-2-1-3-8-17/h1-8,11,18,23H,9-10,12-14H2/t18-,19+/m0/s1. The van der Waals surface area contributed by atoms with E-state index in [0.29, 0.717) is 36.8 Å². The van der Waals surface area contributed by atoms with E-state index >= 15 is 0 Å². The van der Waals surface area contributed by atoms with Crippen molar-refractivity contribution in [1.29, 1.82) is 0 Å². The molecule has 2 fully saturated rings. The molecule has 2 heterocycles. The van der Waals surface area contributed by atoms with Gasteiger partial charge in [0, 0.05) is 24.7 Å². The van der Waals surface area contributed by atoms with E-state index in [1.54, 1.807) is 12.1 Å². The van der Waals surface area contributed by atoms with Crippen molar-refractivity contribution >= 4 is 27.3 Å². The zero-order valence-electron chi connectivity index (χ0n) is 14.3. The molecule has 2 saturated heterocycles. The van der Waals surface area contributed by atoms with Gasteiger partial charge >= 0.3 is 0 Å². The number of nitrogens with zero attached hydrogens (tertiary/aromatic N) is 2. The molecule has 5 nitrogen and oxygen atoms in total. The maximum Gasteiger partial charge on any atom is 0.244 e. The number of aliphatic hydroxyl groups excluding tert-OH is 1. The van der Waals surface area contributed by atoms with Gasteiger partial charge < -0.3 is 5.11 Å². The molecule has 0 unspecified atom stereocenters. The van der Waals surface area contributed by atoms with Gasteiger partial charge in [-0.3, -0.25) is 9.21 Å². The van der Waals surface area contributed by atoms with Crippen molar-refractivity contribution in [1.82, 2.24) is 4.90 Å². The molecule has 2 atom stereocenters. The van der Waals surface area contributed by atoms with E-state index in [1.165, 1.54) is 4.31 Å². The Morgan fingerprint density at radius 3 is 2.65 bits per heavy atom. The fourth-order valence-electron chi connectivity index (χ4n) is 4.05. The lowest BCUT2D eigenvalue weighted by Gasteiger charge is -2.27. The average molecular weight is 393 g/mol. The Labute approximate surface area is 158 Å². The molecule has 2 aliphatic heterocycles. The highest BCUT2D eigenvalue weighted by Crippen LogP contribution is 2.43. The number of hydrogen-bond acceptors (Lipinski definition) is 4. The molecule has 0 bridgehead atoms. The van der Waals surface area contributed by atoms with Gasteiger partial charge in [-0.1, -0.05) is 41.9 Å². The molecule has 2 aromatic carbocycles. The lowest BCUT2D eigenvalue weighted by Crippen LogP contribution is -2.47. The van der Waals surface area contributed by atoms with Crippen molar-refractivity contribution in [3.05, 3.63) is 65.2 Å².